The first kappa shape index (κ1) is 42.5. The number of hydrogen-bond donors (Lipinski definition) is 1. The van der Waals surface area contributed by atoms with Crippen LogP contribution in [0.15, 0.2) is 125 Å². The molecule has 0 saturated carbocycles. The van der Waals surface area contributed by atoms with Gasteiger partial charge in [0, 0.05) is 24.7 Å². The Morgan fingerprint density at radius 3 is 1.93 bits per heavy atom. The number of nitrogens with one attached hydrogen (secondary N) is 1. The molecule has 1 fully saturated rings. The molecule has 0 amide bonds. The monoisotopic (exact) mass is 806 g/mol. The second-order valence-corrected chi connectivity index (χ2v) is 15.9. The van der Waals surface area contributed by atoms with Crippen LogP contribution in [0.5, 0.6) is 11.5 Å². The molecule has 2 heterocycles. The fourth-order valence-corrected chi connectivity index (χ4v) is 9.10. The molecular formula is C45H51N4O8P. The third-order valence-corrected chi connectivity index (χ3v) is 12.2. The number of nitriles is 1. The zero-order valence-electron chi connectivity index (χ0n) is 33.7. The summed E-state index contributed by atoms with van der Waals surface area (Å²) in [5.74, 6) is 1.39. The number of benzene rings is 4. The van der Waals surface area contributed by atoms with Gasteiger partial charge in [-0.1, -0.05) is 84.9 Å². The first-order valence-electron chi connectivity index (χ1n) is 19.4. The predicted molar refractivity (Wildman–Crippen MR) is 224 cm³/mol. The molecule has 1 aliphatic heterocycles. The summed E-state index contributed by atoms with van der Waals surface area (Å²) in [5.41, 5.74) is 1.28. The minimum Gasteiger partial charge on any atom is -0.497 e. The molecule has 1 aromatic heterocycles. The third-order valence-electron chi connectivity index (χ3n) is 10.1. The van der Waals surface area contributed by atoms with Crippen molar-refractivity contribution < 1.29 is 28.0 Å². The van der Waals surface area contributed by atoms with Gasteiger partial charge in [0.15, 0.2) is 0 Å². The zero-order chi connectivity index (χ0) is 41.2. The second kappa shape index (κ2) is 19.6. The molecule has 12 nitrogen and oxygen atoms in total. The van der Waals surface area contributed by atoms with Gasteiger partial charge in [0.1, 0.15) is 29.4 Å². The van der Waals surface area contributed by atoms with E-state index in [1.165, 1.54) is 4.57 Å². The predicted octanol–water partition coefficient (Wildman–Crippen LogP) is 8.18. The van der Waals surface area contributed by atoms with E-state index in [4.69, 9.17) is 28.0 Å². The van der Waals surface area contributed by atoms with Crippen molar-refractivity contribution in [3.63, 3.8) is 0 Å². The number of aromatic amines is 1. The lowest BCUT2D eigenvalue weighted by Crippen LogP contribution is -2.39. The van der Waals surface area contributed by atoms with E-state index in [9.17, 15) is 14.9 Å². The van der Waals surface area contributed by atoms with Gasteiger partial charge in [0.05, 0.1) is 51.6 Å². The van der Waals surface area contributed by atoms with E-state index in [0.29, 0.717) is 22.6 Å². The molecule has 304 valence electrons. The lowest BCUT2D eigenvalue weighted by atomic mass is 9.80. The Labute approximate surface area is 340 Å². The lowest BCUT2D eigenvalue weighted by molar-refractivity contribution is -0.0925. The fourth-order valence-electron chi connectivity index (χ4n) is 7.35. The number of rotatable bonds is 18. The first-order chi connectivity index (χ1) is 28.1. The number of aromatic nitrogens is 2. The molecule has 6 rings (SSSR count). The van der Waals surface area contributed by atoms with Crippen LogP contribution in [-0.2, 0) is 24.1 Å². The van der Waals surface area contributed by atoms with Crippen LogP contribution >= 0.6 is 8.53 Å². The molecule has 5 aromatic rings. The summed E-state index contributed by atoms with van der Waals surface area (Å²) in [6.07, 6.45) is -0.221. The van der Waals surface area contributed by atoms with E-state index in [-0.39, 0.29) is 38.1 Å². The average molecular weight is 807 g/mol. The number of hydrogen-bond acceptors (Lipinski definition) is 10. The van der Waals surface area contributed by atoms with E-state index < -0.39 is 43.8 Å². The normalized spacial score (nSPS) is 17.4. The topological polar surface area (TPSA) is 137 Å². The molecule has 58 heavy (non-hydrogen) atoms. The highest BCUT2D eigenvalue weighted by molar-refractivity contribution is 7.44. The van der Waals surface area contributed by atoms with Gasteiger partial charge < -0.3 is 28.0 Å². The van der Waals surface area contributed by atoms with Gasteiger partial charge in [-0.15, -0.1) is 0 Å². The molecule has 1 saturated heterocycles. The molecule has 0 spiro atoms. The summed E-state index contributed by atoms with van der Waals surface area (Å²) >= 11 is 0. The molecule has 2 unspecified atom stereocenters. The third kappa shape index (κ3) is 9.43. The molecular weight excluding hydrogens is 755 g/mol. The highest BCUT2D eigenvalue weighted by Crippen LogP contribution is 2.50. The zero-order valence-corrected chi connectivity index (χ0v) is 34.6. The van der Waals surface area contributed by atoms with Crippen molar-refractivity contribution in [2.75, 3.05) is 27.4 Å². The summed E-state index contributed by atoms with van der Waals surface area (Å²) in [4.78, 5) is 29.1. The van der Waals surface area contributed by atoms with Crippen LogP contribution in [0.2, 0.25) is 0 Å². The largest absolute Gasteiger partial charge is 0.497 e. The van der Waals surface area contributed by atoms with Crippen molar-refractivity contribution >= 4 is 8.53 Å². The van der Waals surface area contributed by atoms with Gasteiger partial charge >= 0.3 is 5.69 Å². The average Bonchev–Trinajstić information content (AvgIpc) is 3.63. The Bertz CT molecular complexity index is 2170. The van der Waals surface area contributed by atoms with Crippen LogP contribution in [0, 0.1) is 11.3 Å². The standard InChI is InChI=1S/C45H51N4O8P/c1-31(2)49(32(3)4)58(55-27-13-26-46)57-40-28-42(48-29-39(43(50)47-44(48)51)33-14-9-7-10-15-33)56-41(40)30-54-45(34-16-11-8-12-17-34,35-18-22-37(52-5)23-19-35)36-20-24-38(53-6)25-21-36/h7-12,14-25,29,31-32,40-42H,13,27-28,30H2,1-6H3,(H,47,50,51)/t40-,41?,42-,58?/m1/s1. The molecule has 13 heteroatoms. The minimum absolute atomic E-state index is 0.0164. The summed E-state index contributed by atoms with van der Waals surface area (Å²) in [7, 11) is 1.55. The lowest BCUT2D eigenvalue weighted by Gasteiger charge is -2.39. The SMILES string of the molecule is COc1ccc(C(OCC2O[C@@H](n3cc(-c4ccccc4)c(=O)[nH]c3=O)C[C@H]2OP(OCCC#N)N(C(C)C)C(C)C)(c2ccccc2)c2ccc(OC)cc2)cc1. The van der Waals surface area contributed by atoms with E-state index >= 15 is 0 Å². The highest BCUT2D eigenvalue weighted by atomic mass is 31.2. The Hall–Kier alpha value is -5.12. The maximum atomic E-state index is 13.6. The summed E-state index contributed by atoms with van der Waals surface area (Å²) < 4.78 is 42.0. The van der Waals surface area contributed by atoms with Crippen LogP contribution in [-0.4, -0.2) is 65.9 Å². The summed E-state index contributed by atoms with van der Waals surface area (Å²) in [6, 6.07) is 36.9. The highest BCUT2D eigenvalue weighted by Gasteiger charge is 2.45. The molecule has 0 aliphatic carbocycles. The second-order valence-electron chi connectivity index (χ2n) is 14.4. The van der Waals surface area contributed by atoms with Crippen LogP contribution in [0.3, 0.4) is 0 Å². The van der Waals surface area contributed by atoms with E-state index in [1.807, 2.05) is 109 Å². The maximum absolute atomic E-state index is 13.6. The van der Waals surface area contributed by atoms with Crippen molar-refractivity contribution in [3.8, 4) is 28.7 Å². The van der Waals surface area contributed by atoms with Crippen molar-refractivity contribution in [1.82, 2.24) is 14.2 Å². The first-order valence-corrected chi connectivity index (χ1v) is 20.5. The van der Waals surface area contributed by atoms with Crippen LogP contribution < -0.4 is 20.7 Å². The molecule has 0 radical (unpaired) electrons. The number of nitrogens with zero attached hydrogens (tertiary/aromatic N) is 3. The maximum Gasteiger partial charge on any atom is 0.330 e. The van der Waals surface area contributed by atoms with Crippen LogP contribution in [0.25, 0.3) is 11.1 Å². The minimum atomic E-state index is -1.70. The Morgan fingerprint density at radius 2 is 1.40 bits per heavy atom. The van der Waals surface area contributed by atoms with Gasteiger partial charge in [-0.2, -0.15) is 5.26 Å². The summed E-state index contributed by atoms with van der Waals surface area (Å²) in [5, 5.41) is 9.37. The molecule has 4 aromatic carbocycles. The molecule has 0 bridgehead atoms. The number of ether oxygens (including phenoxy) is 4. The van der Waals surface area contributed by atoms with E-state index in [0.717, 1.165) is 16.7 Å². The Morgan fingerprint density at radius 1 is 0.845 bits per heavy atom. The van der Waals surface area contributed by atoms with Gasteiger partial charge in [-0.3, -0.25) is 14.3 Å². The van der Waals surface area contributed by atoms with Crippen molar-refractivity contribution in [2.45, 2.75) is 76.7 Å². The van der Waals surface area contributed by atoms with Gasteiger partial charge in [-0.25, -0.2) is 9.46 Å². The van der Waals surface area contributed by atoms with Gasteiger partial charge in [0.2, 0.25) is 0 Å². The molecule has 1 N–H and O–H groups in total. The fraction of sp³-hybridized carbons (Fsp3) is 0.356. The quantitative estimate of drug-likeness (QED) is 0.0525. The van der Waals surface area contributed by atoms with Gasteiger partial charge in [-0.05, 0) is 74.2 Å². The van der Waals surface area contributed by atoms with Crippen molar-refractivity contribution in [1.29, 1.82) is 5.26 Å². The van der Waals surface area contributed by atoms with Crippen molar-refractivity contribution in [3.05, 3.63) is 153 Å². The van der Waals surface area contributed by atoms with E-state index in [1.54, 1.807) is 20.4 Å². The Kier molecular flexibility index (Phi) is 14.3. The number of methoxy groups -OCH3 is 2. The Balaban J connectivity index is 1.45. The molecule has 4 atom stereocenters. The molecule has 1 aliphatic rings. The number of H-pyrrole nitrogens is 1. The summed E-state index contributed by atoms with van der Waals surface area (Å²) in [6.45, 7) is 8.49. The van der Waals surface area contributed by atoms with Gasteiger partial charge in [0.25, 0.3) is 14.1 Å². The van der Waals surface area contributed by atoms with Crippen LogP contribution in [0.4, 0.5) is 0 Å². The van der Waals surface area contributed by atoms with Crippen molar-refractivity contribution in [2.24, 2.45) is 0 Å². The van der Waals surface area contributed by atoms with E-state index in [2.05, 4.69) is 43.4 Å². The van der Waals surface area contributed by atoms with Crippen LogP contribution in [0.1, 0.15) is 63.5 Å². The smallest absolute Gasteiger partial charge is 0.330 e.